The summed E-state index contributed by atoms with van der Waals surface area (Å²) in [6.45, 7) is 9.71. The molecule has 4 nitrogen and oxygen atoms in total. The molecule has 0 saturated heterocycles. The van der Waals surface area contributed by atoms with Gasteiger partial charge in [-0.05, 0) is 57.4 Å². The van der Waals surface area contributed by atoms with Gasteiger partial charge in [0.05, 0.1) is 0 Å². The van der Waals surface area contributed by atoms with Crippen LogP contribution in [0, 0.1) is 34.6 Å². The fraction of sp³-hybridized carbons (Fsp3) is 0.263. The van der Waals surface area contributed by atoms with Gasteiger partial charge in [-0.2, -0.15) is 0 Å². The van der Waals surface area contributed by atoms with Crippen molar-refractivity contribution in [1.29, 1.82) is 0 Å². The van der Waals surface area contributed by atoms with E-state index in [1.165, 1.54) is 0 Å². The van der Waals surface area contributed by atoms with E-state index in [9.17, 15) is 9.59 Å². The fourth-order valence-corrected chi connectivity index (χ4v) is 2.68. The average Bonchev–Trinajstić information content (AvgIpc) is 2.45. The van der Waals surface area contributed by atoms with E-state index in [0.29, 0.717) is 11.4 Å². The van der Waals surface area contributed by atoms with Crippen molar-refractivity contribution in [1.82, 2.24) is 0 Å². The van der Waals surface area contributed by atoms with Gasteiger partial charge in [0, 0.05) is 11.4 Å². The van der Waals surface area contributed by atoms with Crippen molar-refractivity contribution in [3.63, 3.8) is 0 Å². The molecule has 0 fully saturated rings. The molecule has 4 heteroatoms. The smallest absolute Gasteiger partial charge is 0.314 e. The quantitative estimate of drug-likeness (QED) is 0.829. The van der Waals surface area contributed by atoms with Crippen molar-refractivity contribution in [3.8, 4) is 0 Å². The number of anilines is 2. The second kappa shape index (κ2) is 6.65. The molecule has 0 unspecified atom stereocenters. The average molecular weight is 310 g/mol. The molecule has 0 aliphatic carbocycles. The second-order valence-corrected chi connectivity index (χ2v) is 6.00. The van der Waals surface area contributed by atoms with Crippen molar-refractivity contribution in [3.05, 3.63) is 58.1 Å². The van der Waals surface area contributed by atoms with Gasteiger partial charge in [0.1, 0.15) is 0 Å². The summed E-state index contributed by atoms with van der Waals surface area (Å²) in [6.07, 6.45) is 0. The van der Waals surface area contributed by atoms with Crippen LogP contribution in [-0.2, 0) is 9.59 Å². The maximum atomic E-state index is 12.2. The normalized spacial score (nSPS) is 10.3. The highest BCUT2D eigenvalue weighted by Crippen LogP contribution is 2.22. The molecule has 2 aromatic rings. The molecule has 120 valence electrons. The lowest BCUT2D eigenvalue weighted by Gasteiger charge is -2.13. The Labute approximate surface area is 136 Å². The Morgan fingerprint density at radius 2 is 1.22 bits per heavy atom. The van der Waals surface area contributed by atoms with E-state index in [1.807, 2.05) is 58.9 Å². The van der Waals surface area contributed by atoms with Crippen LogP contribution in [0.5, 0.6) is 0 Å². The Hall–Kier alpha value is -2.62. The van der Waals surface area contributed by atoms with E-state index >= 15 is 0 Å². The Kier molecular flexibility index (Phi) is 4.84. The topological polar surface area (TPSA) is 58.2 Å². The fourth-order valence-electron chi connectivity index (χ4n) is 2.68. The van der Waals surface area contributed by atoms with Crippen LogP contribution in [0.3, 0.4) is 0 Å². The van der Waals surface area contributed by atoms with Crippen molar-refractivity contribution >= 4 is 23.2 Å². The number of carbonyl (C=O) groups is 2. The zero-order chi connectivity index (χ0) is 17.1. The Bertz CT molecular complexity index is 756. The molecule has 2 aromatic carbocycles. The van der Waals surface area contributed by atoms with Crippen molar-refractivity contribution in [2.24, 2.45) is 0 Å². The SMILES string of the molecule is Cc1ccc(NC(=O)C(=O)Nc2c(C)cc(C)cc2C)c(C)c1. The first-order valence-electron chi connectivity index (χ1n) is 7.55. The minimum Gasteiger partial charge on any atom is -0.318 e. The molecular formula is C19H22N2O2. The van der Waals surface area contributed by atoms with E-state index in [0.717, 1.165) is 27.8 Å². The van der Waals surface area contributed by atoms with Crippen LogP contribution in [0.2, 0.25) is 0 Å². The number of nitrogens with one attached hydrogen (secondary N) is 2. The van der Waals surface area contributed by atoms with Gasteiger partial charge in [-0.3, -0.25) is 9.59 Å². The zero-order valence-corrected chi connectivity index (χ0v) is 14.2. The molecule has 2 rings (SSSR count). The summed E-state index contributed by atoms with van der Waals surface area (Å²) < 4.78 is 0. The van der Waals surface area contributed by atoms with Gasteiger partial charge in [-0.1, -0.05) is 35.4 Å². The summed E-state index contributed by atoms with van der Waals surface area (Å²) in [5, 5.41) is 5.36. The first kappa shape index (κ1) is 16.7. The molecule has 0 atom stereocenters. The maximum absolute atomic E-state index is 12.2. The highest BCUT2D eigenvalue weighted by atomic mass is 16.2. The van der Waals surface area contributed by atoms with Gasteiger partial charge in [0.15, 0.2) is 0 Å². The zero-order valence-electron chi connectivity index (χ0n) is 14.2. The summed E-state index contributed by atoms with van der Waals surface area (Å²) >= 11 is 0. The lowest BCUT2D eigenvalue weighted by atomic mass is 10.1. The summed E-state index contributed by atoms with van der Waals surface area (Å²) in [5.74, 6) is -1.34. The second-order valence-electron chi connectivity index (χ2n) is 6.00. The Morgan fingerprint density at radius 1 is 0.696 bits per heavy atom. The number of hydrogen-bond acceptors (Lipinski definition) is 2. The Morgan fingerprint density at radius 3 is 1.78 bits per heavy atom. The molecule has 0 bridgehead atoms. The van der Waals surface area contributed by atoms with Crippen LogP contribution in [0.1, 0.15) is 27.8 Å². The van der Waals surface area contributed by atoms with Crippen molar-refractivity contribution < 1.29 is 9.59 Å². The number of benzene rings is 2. The molecular weight excluding hydrogens is 288 g/mol. The van der Waals surface area contributed by atoms with Crippen LogP contribution >= 0.6 is 0 Å². The van der Waals surface area contributed by atoms with E-state index in [2.05, 4.69) is 10.6 Å². The van der Waals surface area contributed by atoms with Gasteiger partial charge >= 0.3 is 11.8 Å². The Balaban J connectivity index is 2.13. The third-order valence-corrected chi connectivity index (χ3v) is 3.75. The lowest BCUT2D eigenvalue weighted by molar-refractivity contribution is -0.133. The first-order chi connectivity index (χ1) is 10.8. The molecule has 2 N–H and O–H groups in total. The van der Waals surface area contributed by atoms with E-state index in [-0.39, 0.29) is 0 Å². The number of aryl methyl sites for hydroxylation is 5. The van der Waals surface area contributed by atoms with Crippen LogP contribution in [-0.4, -0.2) is 11.8 Å². The van der Waals surface area contributed by atoms with Gasteiger partial charge < -0.3 is 10.6 Å². The maximum Gasteiger partial charge on any atom is 0.314 e. The summed E-state index contributed by atoms with van der Waals surface area (Å²) in [4.78, 5) is 24.3. The van der Waals surface area contributed by atoms with E-state index in [4.69, 9.17) is 0 Å². The molecule has 2 amide bonds. The van der Waals surface area contributed by atoms with Crippen LogP contribution in [0.15, 0.2) is 30.3 Å². The lowest BCUT2D eigenvalue weighted by Crippen LogP contribution is -2.30. The molecule has 0 heterocycles. The minimum atomic E-state index is -0.670. The molecule has 0 saturated carbocycles. The third-order valence-electron chi connectivity index (χ3n) is 3.75. The largest absolute Gasteiger partial charge is 0.318 e. The van der Waals surface area contributed by atoms with Crippen molar-refractivity contribution in [2.75, 3.05) is 10.6 Å². The molecule has 0 aliphatic rings. The van der Waals surface area contributed by atoms with Gasteiger partial charge in [0.2, 0.25) is 0 Å². The van der Waals surface area contributed by atoms with E-state index in [1.54, 1.807) is 6.07 Å². The van der Waals surface area contributed by atoms with Gasteiger partial charge in [-0.25, -0.2) is 0 Å². The molecule has 0 aliphatic heterocycles. The summed E-state index contributed by atoms with van der Waals surface area (Å²) in [5.41, 5.74) is 6.37. The van der Waals surface area contributed by atoms with Crippen molar-refractivity contribution in [2.45, 2.75) is 34.6 Å². The minimum absolute atomic E-state index is 0.646. The van der Waals surface area contributed by atoms with Gasteiger partial charge in [-0.15, -0.1) is 0 Å². The third kappa shape index (κ3) is 3.97. The predicted octanol–water partition coefficient (Wildman–Crippen LogP) is 3.81. The highest BCUT2D eigenvalue weighted by Gasteiger charge is 2.17. The number of rotatable bonds is 2. The van der Waals surface area contributed by atoms with Gasteiger partial charge in [0.25, 0.3) is 0 Å². The van der Waals surface area contributed by atoms with Crippen LogP contribution < -0.4 is 10.6 Å². The molecule has 0 aromatic heterocycles. The highest BCUT2D eigenvalue weighted by molar-refractivity contribution is 6.43. The number of amides is 2. The summed E-state index contributed by atoms with van der Waals surface area (Å²) in [6, 6.07) is 9.62. The predicted molar refractivity (Wildman–Crippen MR) is 93.8 cm³/mol. The molecule has 0 spiro atoms. The number of carbonyl (C=O) groups excluding carboxylic acids is 2. The molecule has 0 radical (unpaired) electrons. The first-order valence-corrected chi connectivity index (χ1v) is 7.55. The van der Waals surface area contributed by atoms with Crippen LogP contribution in [0.25, 0.3) is 0 Å². The number of hydrogen-bond donors (Lipinski definition) is 2. The summed E-state index contributed by atoms with van der Waals surface area (Å²) in [7, 11) is 0. The van der Waals surface area contributed by atoms with Crippen LogP contribution in [0.4, 0.5) is 11.4 Å². The monoisotopic (exact) mass is 310 g/mol. The van der Waals surface area contributed by atoms with E-state index < -0.39 is 11.8 Å². The standard InChI is InChI=1S/C19H22N2O2/c1-11-6-7-16(13(3)8-11)20-18(22)19(23)21-17-14(4)9-12(2)10-15(17)5/h6-10H,1-5H3,(H,20,22)(H,21,23). The molecule has 23 heavy (non-hydrogen) atoms.